The van der Waals surface area contributed by atoms with E-state index in [1.54, 1.807) is 6.20 Å². The van der Waals surface area contributed by atoms with E-state index in [0.717, 1.165) is 5.56 Å². The molecular weight excluding hydrogens is 178 g/mol. The van der Waals surface area contributed by atoms with Gasteiger partial charge in [-0.05, 0) is 31.7 Å². The summed E-state index contributed by atoms with van der Waals surface area (Å²) in [5.41, 5.74) is 1.10. The standard InChI is InChI=1S/C10H15N3O/c1-7(11-3)9-4-5-12-10(6-9)13-8(2)14/h4-7,11H,1-3H3,(H,12,13,14)/t7-/m0/s1. The molecule has 14 heavy (non-hydrogen) atoms. The molecule has 0 radical (unpaired) electrons. The van der Waals surface area contributed by atoms with E-state index in [1.807, 2.05) is 26.1 Å². The van der Waals surface area contributed by atoms with Crippen molar-refractivity contribution in [3.63, 3.8) is 0 Å². The number of nitrogens with zero attached hydrogens (tertiary/aromatic N) is 1. The molecule has 0 bridgehead atoms. The van der Waals surface area contributed by atoms with Gasteiger partial charge < -0.3 is 10.6 Å². The Hall–Kier alpha value is -1.42. The van der Waals surface area contributed by atoms with Crippen molar-refractivity contribution in [1.82, 2.24) is 10.3 Å². The number of hydrogen-bond acceptors (Lipinski definition) is 3. The second-order valence-corrected chi connectivity index (χ2v) is 3.17. The Balaban J connectivity index is 2.83. The van der Waals surface area contributed by atoms with Crippen molar-refractivity contribution >= 4 is 11.7 Å². The second kappa shape index (κ2) is 4.72. The van der Waals surface area contributed by atoms with Crippen LogP contribution in [-0.4, -0.2) is 17.9 Å². The molecule has 0 aliphatic rings. The summed E-state index contributed by atoms with van der Waals surface area (Å²) in [5, 5.41) is 5.77. The highest BCUT2D eigenvalue weighted by molar-refractivity contribution is 5.87. The number of carbonyl (C=O) groups is 1. The Morgan fingerprint density at radius 3 is 2.86 bits per heavy atom. The zero-order valence-electron chi connectivity index (χ0n) is 8.66. The third-order valence-electron chi connectivity index (χ3n) is 2.02. The van der Waals surface area contributed by atoms with Crippen LogP contribution in [0.3, 0.4) is 0 Å². The lowest BCUT2D eigenvalue weighted by Gasteiger charge is -2.11. The highest BCUT2D eigenvalue weighted by Gasteiger charge is 2.04. The van der Waals surface area contributed by atoms with E-state index in [-0.39, 0.29) is 11.9 Å². The van der Waals surface area contributed by atoms with Crippen LogP contribution < -0.4 is 10.6 Å². The summed E-state index contributed by atoms with van der Waals surface area (Å²) in [7, 11) is 1.89. The fourth-order valence-electron chi connectivity index (χ4n) is 1.13. The van der Waals surface area contributed by atoms with Crippen LogP contribution in [-0.2, 0) is 4.79 Å². The number of carbonyl (C=O) groups excluding carboxylic acids is 1. The number of rotatable bonds is 3. The third-order valence-corrected chi connectivity index (χ3v) is 2.02. The molecule has 1 aromatic heterocycles. The molecule has 0 aromatic carbocycles. The zero-order chi connectivity index (χ0) is 10.6. The average Bonchev–Trinajstić information content (AvgIpc) is 2.16. The minimum absolute atomic E-state index is 0.105. The van der Waals surface area contributed by atoms with Gasteiger partial charge in [0.05, 0.1) is 0 Å². The van der Waals surface area contributed by atoms with Gasteiger partial charge in [0.25, 0.3) is 0 Å². The van der Waals surface area contributed by atoms with E-state index in [9.17, 15) is 4.79 Å². The van der Waals surface area contributed by atoms with Crippen LogP contribution >= 0.6 is 0 Å². The molecule has 1 heterocycles. The normalized spacial score (nSPS) is 12.2. The van der Waals surface area contributed by atoms with E-state index in [0.29, 0.717) is 5.82 Å². The summed E-state index contributed by atoms with van der Waals surface area (Å²) in [6.07, 6.45) is 1.69. The smallest absolute Gasteiger partial charge is 0.222 e. The van der Waals surface area contributed by atoms with Crippen molar-refractivity contribution in [2.24, 2.45) is 0 Å². The maximum atomic E-state index is 10.8. The lowest BCUT2D eigenvalue weighted by Crippen LogP contribution is -2.13. The number of pyridine rings is 1. The van der Waals surface area contributed by atoms with Gasteiger partial charge in [0.1, 0.15) is 5.82 Å². The fourth-order valence-corrected chi connectivity index (χ4v) is 1.13. The van der Waals surface area contributed by atoms with Crippen LogP contribution in [0.25, 0.3) is 0 Å². The van der Waals surface area contributed by atoms with Gasteiger partial charge in [0.2, 0.25) is 5.91 Å². The van der Waals surface area contributed by atoms with Gasteiger partial charge in [-0.3, -0.25) is 4.79 Å². The van der Waals surface area contributed by atoms with E-state index >= 15 is 0 Å². The zero-order valence-corrected chi connectivity index (χ0v) is 8.66. The number of nitrogens with one attached hydrogen (secondary N) is 2. The first-order valence-electron chi connectivity index (χ1n) is 4.54. The number of amides is 1. The van der Waals surface area contributed by atoms with Crippen LogP contribution in [0.1, 0.15) is 25.5 Å². The van der Waals surface area contributed by atoms with E-state index in [1.165, 1.54) is 6.92 Å². The van der Waals surface area contributed by atoms with Gasteiger partial charge in [-0.1, -0.05) is 0 Å². The van der Waals surface area contributed by atoms with Crippen molar-refractivity contribution < 1.29 is 4.79 Å². The molecule has 0 fully saturated rings. The summed E-state index contributed by atoms with van der Waals surface area (Å²) < 4.78 is 0. The summed E-state index contributed by atoms with van der Waals surface area (Å²) in [5.74, 6) is 0.490. The molecule has 0 unspecified atom stereocenters. The quantitative estimate of drug-likeness (QED) is 0.761. The van der Waals surface area contributed by atoms with Crippen molar-refractivity contribution in [2.75, 3.05) is 12.4 Å². The molecule has 1 amide bonds. The SMILES string of the molecule is CN[C@@H](C)c1ccnc(NC(C)=O)c1. The highest BCUT2D eigenvalue weighted by Crippen LogP contribution is 2.14. The summed E-state index contributed by atoms with van der Waals surface area (Å²) >= 11 is 0. The van der Waals surface area contributed by atoms with Crippen LogP contribution in [0.15, 0.2) is 18.3 Å². The first kappa shape index (κ1) is 10.7. The van der Waals surface area contributed by atoms with Crippen molar-refractivity contribution in [3.05, 3.63) is 23.9 Å². The van der Waals surface area contributed by atoms with E-state index in [2.05, 4.69) is 15.6 Å². The van der Waals surface area contributed by atoms with E-state index < -0.39 is 0 Å². The predicted molar refractivity (Wildman–Crippen MR) is 56.0 cm³/mol. The Kier molecular flexibility index (Phi) is 3.59. The molecule has 0 aliphatic heterocycles. The van der Waals surface area contributed by atoms with Crippen LogP contribution in [0.4, 0.5) is 5.82 Å². The first-order valence-corrected chi connectivity index (χ1v) is 4.54. The van der Waals surface area contributed by atoms with Gasteiger partial charge in [0, 0.05) is 19.2 Å². The molecule has 2 N–H and O–H groups in total. The molecule has 76 valence electrons. The fraction of sp³-hybridized carbons (Fsp3) is 0.400. The molecule has 0 aliphatic carbocycles. The lowest BCUT2D eigenvalue weighted by molar-refractivity contribution is -0.114. The Bertz CT molecular complexity index is 325. The highest BCUT2D eigenvalue weighted by atomic mass is 16.1. The molecule has 1 rings (SSSR count). The first-order chi connectivity index (χ1) is 6.63. The van der Waals surface area contributed by atoms with Crippen molar-refractivity contribution in [2.45, 2.75) is 19.9 Å². The number of hydrogen-bond donors (Lipinski definition) is 2. The van der Waals surface area contributed by atoms with Gasteiger partial charge in [-0.15, -0.1) is 0 Å². The monoisotopic (exact) mass is 193 g/mol. The Morgan fingerprint density at radius 1 is 1.57 bits per heavy atom. The second-order valence-electron chi connectivity index (χ2n) is 3.17. The largest absolute Gasteiger partial charge is 0.313 e. The lowest BCUT2D eigenvalue weighted by atomic mass is 10.1. The molecule has 0 spiro atoms. The van der Waals surface area contributed by atoms with Gasteiger partial charge in [0.15, 0.2) is 0 Å². The average molecular weight is 193 g/mol. The molecule has 0 saturated carbocycles. The molecular formula is C10H15N3O. The summed E-state index contributed by atoms with van der Waals surface area (Å²) in [6.45, 7) is 3.52. The Labute approximate surface area is 83.7 Å². The maximum Gasteiger partial charge on any atom is 0.222 e. The minimum atomic E-state index is -0.105. The van der Waals surface area contributed by atoms with Crippen molar-refractivity contribution in [1.29, 1.82) is 0 Å². The minimum Gasteiger partial charge on any atom is -0.313 e. The van der Waals surface area contributed by atoms with Crippen molar-refractivity contribution in [3.8, 4) is 0 Å². The third kappa shape index (κ3) is 2.81. The predicted octanol–water partition coefficient (Wildman–Crippen LogP) is 1.32. The summed E-state index contributed by atoms with van der Waals surface area (Å²) in [4.78, 5) is 14.8. The van der Waals surface area contributed by atoms with E-state index in [4.69, 9.17) is 0 Å². The summed E-state index contributed by atoms with van der Waals surface area (Å²) in [6, 6.07) is 4.04. The maximum absolute atomic E-state index is 10.8. The van der Waals surface area contributed by atoms with Crippen LogP contribution in [0.2, 0.25) is 0 Å². The molecule has 1 aromatic rings. The number of aromatic nitrogens is 1. The topological polar surface area (TPSA) is 54.0 Å². The van der Waals surface area contributed by atoms with Gasteiger partial charge in [-0.25, -0.2) is 4.98 Å². The van der Waals surface area contributed by atoms with Gasteiger partial charge >= 0.3 is 0 Å². The molecule has 4 heteroatoms. The number of anilines is 1. The molecule has 4 nitrogen and oxygen atoms in total. The van der Waals surface area contributed by atoms with Gasteiger partial charge in [-0.2, -0.15) is 0 Å². The van der Waals surface area contributed by atoms with Crippen LogP contribution in [0.5, 0.6) is 0 Å². The molecule has 1 atom stereocenters. The molecule has 0 saturated heterocycles. The van der Waals surface area contributed by atoms with Crippen LogP contribution in [0, 0.1) is 0 Å². The Morgan fingerprint density at radius 2 is 2.29 bits per heavy atom.